The first-order valence-corrected chi connectivity index (χ1v) is 9.64. The van der Waals surface area contributed by atoms with Crippen LogP contribution in [0.1, 0.15) is 19.4 Å². The van der Waals surface area contributed by atoms with Crippen LogP contribution in [0, 0.1) is 0 Å². The third kappa shape index (κ3) is 7.81. The number of nitrogens with one attached hydrogen (secondary N) is 2. The van der Waals surface area contributed by atoms with Gasteiger partial charge in [0, 0.05) is 18.2 Å². The molecule has 0 fully saturated rings. The minimum atomic E-state index is -0.0580. The fourth-order valence-electron chi connectivity index (χ4n) is 2.77. The maximum absolute atomic E-state index is 5.95. The van der Waals surface area contributed by atoms with E-state index in [9.17, 15) is 0 Å². The number of rotatable bonds is 10. The van der Waals surface area contributed by atoms with E-state index >= 15 is 0 Å². The molecule has 0 aliphatic carbocycles. The number of nitrogens with zero attached hydrogens (tertiary/aromatic N) is 1. The van der Waals surface area contributed by atoms with E-state index in [2.05, 4.69) is 15.6 Å². The van der Waals surface area contributed by atoms with Crippen LogP contribution in [0.15, 0.2) is 47.5 Å². The molecule has 7 nitrogen and oxygen atoms in total. The van der Waals surface area contributed by atoms with Crippen LogP contribution in [-0.4, -0.2) is 46.5 Å². The molecule has 0 spiro atoms. The monoisotopic (exact) mass is 529 g/mol. The first-order chi connectivity index (χ1) is 14.1. The summed E-state index contributed by atoms with van der Waals surface area (Å²) in [5.41, 5.74) is 0.949. The lowest BCUT2D eigenvalue weighted by Crippen LogP contribution is -2.41. The Kier molecular flexibility index (Phi) is 11.8. The molecule has 0 bridgehead atoms. The minimum absolute atomic E-state index is 0. The highest BCUT2D eigenvalue weighted by Gasteiger charge is 2.10. The maximum atomic E-state index is 5.95. The van der Waals surface area contributed by atoms with Crippen LogP contribution in [0.3, 0.4) is 0 Å². The number of methoxy groups -OCH3 is 3. The van der Waals surface area contributed by atoms with Gasteiger partial charge >= 0.3 is 0 Å². The maximum Gasteiger partial charge on any atom is 0.191 e. The zero-order chi connectivity index (χ0) is 21.1. The standard InChI is InChI=1S/C22H31N3O4.HI/c1-6-23-22(25-15-17-9-7-12-20(27-4)21(17)28-5)24-14-16(2)29-19-11-8-10-18(13-19)26-3;/h7-13,16H,6,14-15H2,1-5H3,(H2,23,24,25);1H. The third-order valence-corrected chi connectivity index (χ3v) is 4.17. The predicted molar refractivity (Wildman–Crippen MR) is 131 cm³/mol. The molecule has 1 unspecified atom stereocenters. The van der Waals surface area contributed by atoms with E-state index in [4.69, 9.17) is 18.9 Å². The normalized spacial score (nSPS) is 11.7. The minimum Gasteiger partial charge on any atom is -0.497 e. The van der Waals surface area contributed by atoms with Crippen LogP contribution in [-0.2, 0) is 6.54 Å². The Morgan fingerprint density at radius 1 is 0.967 bits per heavy atom. The summed E-state index contributed by atoms with van der Waals surface area (Å²) in [6.45, 7) is 5.84. The van der Waals surface area contributed by atoms with Gasteiger partial charge in [-0.25, -0.2) is 4.99 Å². The molecule has 0 aromatic heterocycles. The van der Waals surface area contributed by atoms with E-state index in [0.29, 0.717) is 30.5 Å². The molecule has 2 aromatic carbocycles. The molecule has 1 atom stereocenters. The van der Waals surface area contributed by atoms with Crippen LogP contribution in [0.5, 0.6) is 23.0 Å². The number of benzene rings is 2. The SMILES string of the molecule is CCNC(=NCc1cccc(OC)c1OC)NCC(C)Oc1cccc(OC)c1.I. The molecule has 2 aromatic rings. The number of para-hydroxylation sites is 1. The number of ether oxygens (including phenoxy) is 4. The molecule has 2 rings (SSSR count). The number of guanidine groups is 1. The average molecular weight is 529 g/mol. The quantitative estimate of drug-likeness (QED) is 0.277. The highest BCUT2D eigenvalue weighted by Crippen LogP contribution is 2.31. The summed E-state index contributed by atoms with van der Waals surface area (Å²) >= 11 is 0. The van der Waals surface area contributed by atoms with Crippen molar-refractivity contribution in [1.82, 2.24) is 10.6 Å². The van der Waals surface area contributed by atoms with Gasteiger partial charge < -0.3 is 29.6 Å². The van der Waals surface area contributed by atoms with Crippen molar-refractivity contribution in [1.29, 1.82) is 0 Å². The van der Waals surface area contributed by atoms with Crippen molar-refractivity contribution in [2.45, 2.75) is 26.5 Å². The van der Waals surface area contributed by atoms with Gasteiger partial charge in [-0.2, -0.15) is 0 Å². The molecule has 0 saturated carbocycles. The highest BCUT2D eigenvalue weighted by atomic mass is 127. The van der Waals surface area contributed by atoms with Crippen molar-refractivity contribution in [2.75, 3.05) is 34.4 Å². The van der Waals surface area contributed by atoms with Crippen molar-refractivity contribution in [2.24, 2.45) is 4.99 Å². The van der Waals surface area contributed by atoms with Gasteiger partial charge in [0.2, 0.25) is 0 Å². The Hall–Kier alpha value is -2.36. The van der Waals surface area contributed by atoms with E-state index in [0.717, 1.165) is 23.6 Å². The van der Waals surface area contributed by atoms with Crippen LogP contribution in [0.25, 0.3) is 0 Å². The van der Waals surface area contributed by atoms with Gasteiger partial charge in [0.15, 0.2) is 17.5 Å². The Balaban J connectivity index is 0.00000450. The van der Waals surface area contributed by atoms with Crippen molar-refractivity contribution in [3.63, 3.8) is 0 Å². The molecule has 8 heteroatoms. The van der Waals surface area contributed by atoms with Crippen molar-refractivity contribution in [3.05, 3.63) is 48.0 Å². The van der Waals surface area contributed by atoms with E-state index in [-0.39, 0.29) is 30.1 Å². The smallest absolute Gasteiger partial charge is 0.191 e. The fourth-order valence-corrected chi connectivity index (χ4v) is 2.77. The fraction of sp³-hybridized carbons (Fsp3) is 0.409. The lowest BCUT2D eigenvalue weighted by molar-refractivity contribution is 0.223. The lowest BCUT2D eigenvalue weighted by Gasteiger charge is -2.18. The average Bonchev–Trinajstić information content (AvgIpc) is 2.75. The summed E-state index contributed by atoms with van der Waals surface area (Å²) in [4.78, 5) is 4.66. The second-order valence-corrected chi connectivity index (χ2v) is 6.34. The number of aliphatic imine (C=N–C) groups is 1. The third-order valence-electron chi connectivity index (χ3n) is 4.17. The zero-order valence-corrected chi connectivity index (χ0v) is 20.6. The number of hydrogen-bond donors (Lipinski definition) is 2. The first kappa shape index (κ1) is 25.7. The van der Waals surface area contributed by atoms with Crippen LogP contribution < -0.4 is 29.6 Å². The Bertz CT molecular complexity index is 802. The molecule has 30 heavy (non-hydrogen) atoms. The van der Waals surface area contributed by atoms with E-state index in [1.807, 2.05) is 56.3 Å². The topological polar surface area (TPSA) is 73.3 Å². The van der Waals surface area contributed by atoms with Gasteiger partial charge in [0.05, 0.1) is 34.4 Å². The van der Waals surface area contributed by atoms with Gasteiger partial charge in [-0.05, 0) is 32.0 Å². The highest BCUT2D eigenvalue weighted by molar-refractivity contribution is 14.0. The number of halogens is 1. The first-order valence-electron chi connectivity index (χ1n) is 9.64. The van der Waals surface area contributed by atoms with Gasteiger partial charge in [0.25, 0.3) is 0 Å². The largest absolute Gasteiger partial charge is 0.497 e. The molecule has 0 radical (unpaired) electrons. The molecule has 0 aliphatic rings. The Morgan fingerprint density at radius 2 is 1.70 bits per heavy atom. The number of hydrogen-bond acceptors (Lipinski definition) is 5. The summed E-state index contributed by atoms with van der Waals surface area (Å²) in [5.74, 6) is 3.63. The summed E-state index contributed by atoms with van der Waals surface area (Å²) in [6, 6.07) is 13.3. The van der Waals surface area contributed by atoms with E-state index < -0.39 is 0 Å². The lowest BCUT2D eigenvalue weighted by atomic mass is 10.2. The summed E-state index contributed by atoms with van der Waals surface area (Å²) in [5, 5.41) is 6.56. The second kappa shape index (κ2) is 13.8. The molecule has 0 heterocycles. The van der Waals surface area contributed by atoms with E-state index in [1.54, 1.807) is 21.3 Å². The molecule has 0 amide bonds. The summed E-state index contributed by atoms with van der Waals surface area (Å²) in [7, 11) is 4.90. The second-order valence-electron chi connectivity index (χ2n) is 6.34. The molecule has 0 aliphatic heterocycles. The zero-order valence-electron chi connectivity index (χ0n) is 18.2. The summed E-state index contributed by atoms with van der Waals surface area (Å²) < 4.78 is 22.0. The molecular formula is C22H32IN3O4. The van der Waals surface area contributed by atoms with Crippen molar-refractivity contribution < 1.29 is 18.9 Å². The van der Waals surface area contributed by atoms with Crippen LogP contribution in [0.2, 0.25) is 0 Å². The van der Waals surface area contributed by atoms with E-state index in [1.165, 1.54) is 0 Å². The Morgan fingerprint density at radius 3 is 2.37 bits per heavy atom. The molecule has 2 N–H and O–H groups in total. The van der Waals surface area contributed by atoms with Gasteiger partial charge in [-0.1, -0.05) is 18.2 Å². The molecule has 166 valence electrons. The van der Waals surface area contributed by atoms with Crippen LogP contribution in [0.4, 0.5) is 0 Å². The van der Waals surface area contributed by atoms with Gasteiger partial charge in [-0.15, -0.1) is 24.0 Å². The van der Waals surface area contributed by atoms with Crippen molar-refractivity contribution >= 4 is 29.9 Å². The van der Waals surface area contributed by atoms with Gasteiger partial charge in [0.1, 0.15) is 17.6 Å². The van der Waals surface area contributed by atoms with Crippen LogP contribution >= 0.6 is 24.0 Å². The Labute approximate surface area is 196 Å². The van der Waals surface area contributed by atoms with Crippen molar-refractivity contribution in [3.8, 4) is 23.0 Å². The molecular weight excluding hydrogens is 497 g/mol. The van der Waals surface area contributed by atoms with Gasteiger partial charge in [-0.3, -0.25) is 0 Å². The summed E-state index contributed by atoms with van der Waals surface area (Å²) in [6.07, 6.45) is -0.0580. The predicted octanol–water partition coefficient (Wildman–Crippen LogP) is 3.85. The molecule has 0 saturated heterocycles.